The first-order valence-electron chi connectivity index (χ1n) is 7.61. The Bertz CT molecular complexity index is 550. The summed E-state index contributed by atoms with van der Waals surface area (Å²) < 4.78 is 5.27. The smallest absolute Gasteiger partial charge is 0.151 e. The van der Waals surface area contributed by atoms with E-state index in [-0.39, 0.29) is 0 Å². The lowest BCUT2D eigenvalue weighted by Gasteiger charge is -2.00. The standard InChI is InChI=1S/C15H23ClN4O/c1-3-5-7-14-18-13(15(16)19-14)10-17-9-12-8-11(6-4-2)20-21-12/h8,17H,3-7,9-10H2,1-2H3,(H,18,19). The van der Waals surface area contributed by atoms with Gasteiger partial charge in [0.15, 0.2) is 10.9 Å². The fourth-order valence-corrected chi connectivity index (χ4v) is 2.36. The van der Waals surface area contributed by atoms with Crippen LogP contribution in [0.15, 0.2) is 10.6 Å². The Labute approximate surface area is 130 Å². The zero-order valence-electron chi connectivity index (χ0n) is 12.7. The molecule has 2 rings (SSSR count). The van der Waals surface area contributed by atoms with Gasteiger partial charge < -0.3 is 14.8 Å². The molecular weight excluding hydrogens is 288 g/mol. The molecule has 2 aromatic rings. The lowest BCUT2D eigenvalue weighted by atomic mass is 10.2. The van der Waals surface area contributed by atoms with Crippen LogP contribution in [0.3, 0.4) is 0 Å². The summed E-state index contributed by atoms with van der Waals surface area (Å²) in [6.45, 7) is 5.57. The van der Waals surface area contributed by atoms with Crippen molar-refractivity contribution in [3.63, 3.8) is 0 Å². The van der Waals surface area contributed by atoms with E-state index in [1.807, 2.05) is 6.07 Å². The van der Waals surface area contributed by atoms with Crippen molar-refractivity contribution in [1.82, 2.24) is 20.4 Å². The number of imidazole rings is 1. The fraction of sp³-hybridized carbons (Fsp3) is 0.600. The molecule has 0 amide bonds. The van der Waals surface area contributed by atoms with Gasteiger partial charge in [-0.2, -0.15) is 0 Å². The van der Waals surface area contributed by atoms with Crippen LogP contribution in [0.1, 0.15) is 56.1 Å². The normalized spacial score (nSPS) is 11.2. The van der Waals surface area contributed by atoms with Crippen molar-refractivity contribution in [2.45, 2.75) is 59.0 Å². The number of unbranched alkanes of at least 4 members (excludes halogenated alkanes) is 1. The van der Waals surface area contributed by atoms with E-state index in [0.29, 0.717) is 18.2 Å². The number of halogens is 1. The Morgan fingerprint density at radius 1 is 1.24 bits per heavy atom. The van der Waals surface area contributed by atoms with Gasteiger partial charge in [0.1, 0.15) is 5.82 Å². The van der Waals surface area contributed by atoms with Gasteiger partial charge in [-0.3, -0.25) is 0 Å². The summed E-state index contributed by atoms with van der Waals surface area (Å²) in [4.78, 5) is 7.61. The molecule has 2 aromatic heterocycles. The molecule has 2 N–H and O–H groups in total. The Balaban J connectivity index is 1.80. The Morgan fingerprint density at radius 2 is 2.10 bits per heavy atom. The second-order valence-corrected chi connectivity index (χ2v) is 5.55. The molecule has 0 aliphatic carbocycles. The molecule has 0 saturated heterocycles. The number of H-pyrrole nitrogens is 1. The van der Waals surface area contributed by atoms with Crippen molar-refractivity contribution in [3.05, 3.63) is 34.2 Å². The Hall–Kier alpha value is -1.33. The van der Waals surface area contributed by atoms with Crippen LogP contribution in [0.25, 0.3) is 0 Å². The van der Waals surface area contributed by atoms with Crippen molar-refractivity contribution in [1.29, 1.82) is 0 Å². The highest BCUT2D eigenvalue weighted by Crippen LogP contribution is 2.14. The van der Waals surface area contributed by atoms with Crippen LogP contribution in [-0.2, 0) is 25.9 Å². The molecule has 0 bridgehead atoms. The molecule has 116 valence electrons. The molecule has 0 aromatic carbocycles. The summed E-state index contributed by atoms with van der Waals surface area (Å²) in [6.07, 6.45) is 5.24. The van der Waals surface area contributed by atoms with Gasteiger partial charge in [-0.1, -0.05) is 43.4 Å². The molecule has 0 saturated carbocycles. The average molecular weight is 311 g/mol. The van der Waals surface area contributed by atoms with Crippen molar-refractivity contribution in [2.75, 3.05) is 0 Å². The molecule has 0 spiro atoms. The zero-order chi connectivity index (χ0) is 15.1. The second-order valence-electron chi connectivity index (χ2n) is 5.19. The summed E-state index contributed by atoms with van der Waals surface area (Å²) >= 11 is 6.13. The molecule has 5 nitrogen and oxygen atoms in total. The molecule has 6 heteroatoms. The first-order valence-corrected chi connectivity index (χ1v) is 7.99. The monoisotopic (exact) mass is 310 g/mol. The number of aromatic amines is 1. The first-order chi connectivity index (χ1) is 10.2. The largest absolute Gasteiger partial charge is 0.360 e. The van der Waals surface area contributed by atoms with Gasteiger partial charge in [-0.15, -0.1) is 0 Å². The van der Waals surface area contributed by atoms with E-state index in [0.717, 1.165) is 55.1 Å². The van der Waals surface area contributed by atoms with Crippen LogP contribution in [-0.4, -0.2) is 15.1 Å². The molecule has 0 fully saturated rings. The summed E-state index contributed by atoms with van der Waals surface area (Å²) in [5, 5.41) is 7.87. The van der Waals surface area contributed by atoms with E-state index in [4.69, 9.17) is 16.1 Å². The maximum Gasteiger partial charge on any atom is 0.151 e. The zero-order valence-corrected chi connectivity index (χ0v) is 13.5. The van der Waals surface area contributed by atoms with Crippen LogP contribution in [0.2, 0.25) is 5.15 Å². The SMILES string of the molecule is CCCCc1nc(Cl)c(CNCc2cc(CCC)no2)[nH]1. The van der Waals surface area contributed by atoms with E-state index >= 15 is 0 Å². The average Bonchev–Trinajstić information content (AvgIpc) is 3.05. The molecule has 0 aliphatic rings. The number of hydrogen-bond donors (Lipinski definition) is 2. The van der Waals surface area contributed by atoms with Crippen molar-refractivity contribution in [2.24, 2.45) is 0 Å². The third-order valence-corrected chi connectivity index (χ3v) is 3.57. The van der Waals surface area contributed by atoms with E-state index in [1.54, 1.807) is 0 Å². The second kappa shape index (κ2) is 8.20. The van der Waals surface area contributed by atoms with Crippen LogP contribution in [0.4, 0.5) is 0 Å². The number of hydrogen-bond acceptors (Lipinski definition) is 4. The highest BCUT2D eigenvalue weighted by atomic mass is 35.5. The first kappa shape index (κ1) is 16.0. The highest BCUT2D eigenvalue weighted by molar-refractivity contribution is 6.30. The molecule has 0 unspecified atom stereocenters. The van der Waals surface area contributed by atoms with Gasteiger partial charge in [-0.05, 0) is 12.8 Å². The lowest BCUT2D eigenvalue weighted by molar-refractivity contribution is 0.367. The number of aryl methyl sites for hydroxylation is 2. The van der Waals surface area contributed by atoms with Gasteiger partial charge in [-0.25, -0.2) is 4.98 Å². The minimum atomic E-state index is 0.554. The van der Waals surface area contributed by atoms with Gasteiger partial charge in [0.25, 0.3) is 0 Å². The predicted molar refractivity (Wildman–Crippen MR) is 83.3 cm³/mol. The summed E-state index contributed by atoms with van der Waals surface area (Å²) in [7, 11) is 0. The third kappa shape index (κ3) is 4.86. The van der Waals surface area contributed by atoms with Gasteiger partial charge in [0, 0.05) is 19.0 Å². The fourth-order valence-electron chi connectivity index (χ4n) is 2.14. The maximum atomic E-state index is 6.13. The van der Waals surface area contributed by atoms with Crippen molar-refractivity contribution >= 4 is 11.6 Å². The van der Waals surface area contributed by atoms with Crippen molar-refractivity contribution < 1.29 is 4.52 Å². The van der Waals surface area contributed by atoms with Crippen LogP contribution in [0, 0.1) is 0 Å². The van der Waals surface area contributed by atoms with Gasteiger partial charge in [0.2, 0.25) is 0 Å². The van der Waals surface area contributed by atoms with Crippen molar-refractivity contribution in [3.8, 4) is 0 Å². The Morgan fingerprint density at radius 3 is 2.86 bits per heavy atom. The molecule has 2 heterocycles. The predicted octanol–water partition coefficient (Wildman–Crippen LogP) is 3.64. The van der Waals surface area contributed by atoms with E-state index in [1.165, 1.54) is 0 Å². The van der Waals surface area contributed by atoms with Crippen LogP contribution in [0.5, 0.6) is 0 Å². The quantitative estimate of drug-likeness (QED) is 0.742. The summed E-state index contributed by atoms with van der Waals surface area (Å²) in [6, 6.07) is 2.00. The number of nitrogens with one attached hydrogen (secondary N) is 2. The number of rotatable bonds is 9. The molecule has 0 radical (unpaired) electrons. The van der Waals surface area contributed by atoms with E-state index in [9.17, 15) is 0 Å². The maximum absolute atomic E-state index is 6.13. The minimum Gasteiger partial charge on any atom is -0.360 e. The summed E-state index contributed by atoms with van der Waals surface area (Å²) in [5.41, 5.74) is 1.94. The minimum absolute atomic E-state index is 0.554. The van der Waals surface area contributed by atoms with E-state index < -0.39 is 0 Å². The van der Waals surface area contributed by atoms with Crippen LogP contribution < -0.4 is 5.32 Å². The molecular formula is C15H23ClN4O. The van der Waals surface area contributed by atoms with Crippen LogP contribution >= 0.6 is 11.6 Å². The van der Waals surface area contributed by atoms with E-state index in [2.05, 4.69) is 34.3 Å². The summed E-state index contributed by atoms with van der Waals surface area (Å²) in [5.74, 6) is 1.81. The Kier molecular flexibility index (Phi) is 6.26. The number of nitrogens with zero attached hydrogens (tertiary/aromatic N) is 2. The van der Waals surface area contributed by atoms with Gasteiger partial charge in [0.05, 0.1) is 17.9 Å². The molecule has 0 atom stereocenters. The number of aromatic nitrogens is 3. The highest BCUT2D eigenvalue weighted by Gasteiger charge is 2.08. The van der Waals surface area contributed by atoms with Gasteiger partial charge >= 0.3 is 0 Å². The third-order valence-electron chi connectivity index (χ3n) is 3.26. The molecule has 0 aliphatic heterocycles. The molecule has 21 heavy (non-hydrogen) atoms. The lowest BCUT2D eigenvalue weighted by Crippen LogP contribution is -2.12. The topological polar surface area (TPSA) is 66.7 Å².